The monoisotopic (exact) mass is 546 g/mol. The molecule has 3 aliphatic rings. The van der Waals surface area contributed by atoms with Crippen molar-refractivity contribution in [2.24, 2.45) is 0 Å². The fourth-order valence-corrected chi connectivity index (χ4v) is 13.7. The van der Waals surface area contributed by atoms with Gasteiger partial charge in [-0.2, -0.15) is 0 Å². The molecule has 3 heterocycles. The second-order valence-electron chi connectivity index (χ2n) is 14.1. The van der Waals surface area contributed by atoms with Crippen molar-refractivity contribution in [3.63, 3.8) is 0 Å². The molecule has 0 saturated carbocycles. The van der Waals surface area contributed by atoms with Crippen molar-refractivity contribution in [1.82, 2.24) is 0 Å². The molecular formula is C30H54O3Si3. The summed E-state index contributed by atoms with van der Waals surface area (Å²) in [6, 6.07) is 12.4. The molecule has 36 heavy (non-hydrogen) atoms. The van der Waals surface area contributed by atoms with Gasteiger partial charge in [0.25, 0.3) is 0 Å². The molecule has 0 spiro atoms. The molecule has 0 bridgehead atoms. The molecule has 4 rings (SSSR count). The van der Waals surface area contributed by atoms with E-state index in [1.807, 2.05) is 0 Å². The summed E-state index contributed by atoms with van der Waals surface area (Å²) in [5.41, 5.74) is 0. The van der Waals surface area contributed by atoms with Crippen molar-refractivity contribution in [2.75, 3.05) is 19.8 Å². The minimum absolute atomic E-state index is 0.585. The third-order valence-electron chi connectivity index (χ3n) is 9.22. The summed E-state index contributed by atoms with van der Waals surface area (Å²) in [5, 5.41) is 5.24. The van der Waals surface area contributed by atoms with Gasteiger partial charge in [-0.25, -0.2) is 0 Å². The van der Waals surface area contributed by atoms with Crippen LogP contribution in [0.3, 0.4) is 0 Å². The van der Waals surface area contributed by atoms with E-state index >= 15 is 0 Å². The van der Waals surface area contributed by atoms with Crippen LogP contribution in [0.25, 0.3) is 0 Å². The number of ether oxygens (including phenoxy) is 3. The van der Waals surface area contributed by atoms with Crippen molar-refractivity contribution in [2.45, 2.75) is 134 Å². The SMILES string of the molecule is C[Si](C)(CCCCC1CO1)c1cc([Si](C)(C)CCCCC2CO2)cc([Si](C)(C)CCCCC2CO2)c1. The van der Waals surface area contributed by atoms with Crippen molar-refractivity contribution in [3.05, 3.63) is 18.2 Å². The first-order valence-corrected chi connectivity index (χ1v) is 24.7. The maximum atomic E-state index is 5.45. The molecule has 3 atom stereocenters. The van der Waals surface area contributed by atoms with E-state index in [0.29, 0.717) is 18.3 Å². The Morgan fingerprint density at radius 1 is 0.500 bits per heavy atom. The van der Waals surface area contributed by atoms with Crippen LogP contribution in [-0.2, 0) is 14.2 Å². The lowest BCUT2D eigenvalue weighted by Gasteiger charge is -2.32. The first kappa shape index (κ1) is 28.8. The number of epoxide rings is 3. The van der Waals surface area contributed by atoms with Gasteiger partial charge in [0, 0.05) is 0 Å². The van der Waals surface area contributed by atoms with E-state index in [1.165, 1.54) is 75.9 Å². The van der Waals surface area contributed by atoms with Crippen molar-refractivity contribution >= 4 is 39.8 Å². The zero-order chi connectivity index (χ0) is 25.8. The van der Waals surface area contributed by atoms with Gasteiger partial charge in [-0.1, -0.05) is 130 Å². The Hall–Kier alpha value is -0.249. The highest BCUT2D eigenvalue weighted by atomic mass is 28.3. The highest BCUT2D eigenvalue weighted by Crippen LogP contribution is 2.24. The van der Waals surface area contributed by atoms with E-state index in [0.717, 1.165) is 19.8 Å². The third kappa shape index (κ3) is 9.19. The molecule has 1 aromatic carbocycles. The Kier molecular flexibility index (Phi) is 9.82. The van der Waals surface area contributed by atoms with E-state index in [9.17, 15) is 0 Å². The van der Waals surface area contributed by atoms with Crippen LogP contribution in [0.15, 0.2) is 18.2 Å². The molecule has 3 aliphatic heterocycles. The maximum Gasteiger partial charge on any atom is 0.0810 e. The first-order valence-electron chi connectivity index (χ1n) is 15.1. The van der Waals surface area contributed by atoms with Gasteiger partial charge >= 0.3 is 0 Å². The summed E-state index contributed by atoms with van der Waals surface area (Å²) in [6.07, 6.45) is 13.7. The number of hydrogen-bond donors (Lipinski definition) is 0. The minimum atomic E-state index is -1.47. The molecule has 3 fully saturated rings. The third-order valence-corrected chi connectivity index (χ3v) is 19.6. The van der Waals surface area contributed by atoms with Crippen LogP contribution in [0, 0.1) is 0 Å². The van der Waals surface area contributed by atoms with Gasteiger partial charge in [-0.15, -0.1) is 0 Å². The Morgan fingerprint density at radius 2 is 0.750 bits per heavy atom. The first-order chi connectivity index (χ1) is 17.1. The standard InChI is InChI=1S/C30H54O3Si3/c1-34(2,16-10-7-13-25-22-31-25)28-19-29(35(3,4)17-11-8-14-26-23-32-26)21-30(20-28)36(5,6)18-12-9-15-27-24-33-27/h19-21,25-27H,7-18,22-24H2,1-6H3. The van der Waals surface area contributed by atoms with E-state index in [4.69, 9.17) is 14.2 Å². The topological polar surface area (TPSA) is 37.6 Å². The number of unbranched alkanes of at least 4 members (excludes halogenated alkanes) is 3. The molecule has 0 aliphatic carbocycles. The Balaban J connectivity index is 1.46. The number of benzene rings is 1. The van der Waals surface area contributed by atoms with E-state index in [-0.39, 0.29) is 0 Å². The lowest BCUT2D eigenvalue weighted by molar-refractivity contribution is 0.391. The zero-order valence-electron chi connectivity index (χ0n) is 24.3. The Labute approximate surface area is 225 Å². The van der Waals surface area contributed by atoms with Crippen LogP contribution < -0.4 is 15.6 Å². The second kappa shape index (κ2) is 12.3. The summed E-state index contributed by atoms with van der Waals surface area (Å²) >= 11 is 0. The van der Waals surface area contributed by atoms with Crippen molar-refractivity contribution < 1.29 is 14.2 Å². The lowest BCUT2D eigenvalue weighted by atomic mass is 10.2. The van der Waals surface area contributed by atoms with Crippen LogP contribution >= 0.6 is 0 Å². The van der Waals surface area contributed by atoms with Gasteiger partial charge in [0.1, 0.15) is 0 Å². The molecule has 6 heteroatoms. The van der Waals surface area contributed by atoms with Gasteiger partial charge in [0.2, 0.25) is 0 Å². The molecule has 0 amide bonds. The number of rotatable bonds is 18. The molecule has 204 valence electrons. The quantitative estimate of drug-likeness (QED) is 0.126. The van der Waals surface area contributed by atoms with Gasteiger partial charge < -0.3 is 14.2 Å². The summed E-state index contributed by atoms with van der Waals surface area (Å²) in [4.78, 5) is 0. The smallest absolute Gasteiger partial charge is 0.0810 e. The van der Waals surface area contributed by atoms with Crippen LogP contribution in [-0.4, -0.2) is 62.4 Å². The molecule has 0 N–H and O–H groups in total. The van der Waals surface area contributed by atoms with E-state index < -0.39 is 24.2 Å². The summed E-state index contributed by atoms with van der Waals surface area (Å²) in [5.74, 6) is 0. The van der Waals surface area contributed by atoms with Gasteiger partial charge in [0.15, 0.2) is 0 Å². The van der Waals surface area contributed by atoms with Crippen LogP contribution in [0.2, 0.25) is 57.4 Å². The highest BCUT2D eigenvalue weighted by molar-refractivity contribution is 6.95. The Bertz CT molecular complexity index is 720. The molecule has 3 saturated heterocycles. The predicted octanol–water partition coefficient (Wildman–Crippen LogP) is 6.14. The fourth-order valence-electron chi connectivity index (χ4n) is 5.75. The molecule has 3 nitrogen and oxygen atoms in total. The van der Waals surface area contributed by atoms with E-state index in [2.05, 4.69) is 57.5 Å². The number of hydrogen-bond acceptors (Lipinski definition) is 3. The van der Waals surface area contributed by atoms with Gasteiger partial charge in [-0.3, -0.25) is 0 Å². The largest absolute Gasteiger partial charge is 0.373 e. The van der Waals surface area contributed by atoms with Crippen molar-refractivity contribution in [1.29, 1.82) is 0 Å². The lowest BCUT2D eigenvalue weighted by Crippen LogP contribution is -2.54. The van der Waals surface area contributed by atoms with Gasteiger partial charge in [0.05, 0.1) is 62.4 Å². The molecule has 1 aromatic rings. The zero-order valence-corrected chi connectivity index (χ0v) is 27.3. The summed E-state index contributed by atoms with van der Waals surface area (Å²) in [6.45, 7) is 18.8. The molecule has 0 aromatic heterocycles. The maximum absolute atomic E-state index is 5.45. The average Bonchev–Trinajstić information content (AvgIpc) is 3.68. The highest BCUT2D eigenvalue weighted by Gasteiger charge is 2.33. The fraction of sp³-hybridized carbons (Fsp3) is 0.800. The molecule has 0 radical (unpaired) electrons. The van der Waals surface area contributed by atoms with Crippen LogP contribution in [0.4, 0.5) is 0 Å². The molecule has 3 unspecified atom stereocenters. The van der Waals surface area contributed by atoms with Crippen LogP contribution in [0.1, 0.15) is 57.8 Å². The van der Waals surface area contributed by atoms with Crippen LogP contribution in [0.5, 0.6) is 0 Å². The van der Waals surface area contributed by atoms with Gasteiger partial charge in [-0.05, 0) is 19.3 Å². The summed E-state index contributed by atoms with van der Waals surface area (Å²) in [7, 11) is -4.41. The predicted molar refractivity (Wildman–Crippen MR) is 163 cm³/mol. The average molecular weight is 547 g/mol. The minimum Gasteiger partial charge on any atom is -0.373 e. The van der Waals surface area contributed by atoms with E-state index in [1.54, 1.807) is 15.6 Å². The molecular weight excluding hydrogens is 493 g/mol. The Morgan fingerprint density at radius 3 is 0.972 bits per heavy atom. The normalized spacial score (nSPS) is 23.7. The summed E-state index contributed by atoms with van der Waals surface area (Å²) < 4.78 is 16.4. The second-order valence-corrected chi connectivity index (χ2v) is 28.6. The van der Waals surface area contributed by atoms with Crippen molar-refractivity contribution in [3.8, 4) is 0 Å².